The van der Waals surface area contributed by atoms with Gasteiger partial charge in [-0.3, -0.25) is 9.97 Å². The molecule has 148 valence electrons. The molecule has 0 atom stereocenters. The standard InChI is InChI=1S/C20H22N8O/c1-12-8-23-15(13(2)17(12)29-3)10-28-11-25-16-18(26-20(21)27-19(16)28)24-9-14-6-4-5-7-22-14/h4-8,11H,9-10H2,1-3H3,(H3,21,24,26,27). The van der Waals surface area contributed by atoms with Gasteiger partial charge in [-0.25, -0.2) is 4.98 Å². The van der Waals surface area contributed by atoms with Crippen molar-refractivity contribution in [2.45, 2.75) is 26.9 Å². The van der Waals surface area contributed by atoms with Crippen molar-refractivity contribution in [2.24, 2.45) is 0 Å². The predicted octanol–water partition coefficient (Wildman–Crippen LogP) is 2.48. The monoisotopic (exact) mass is 390 g/mol. The van der Waals surface area contributed by atoms with Gasteiger partial charge in [0.1, 0.15) is 5.75 Å². The molecule has 4 aromatic rings. The lowest BCUT2D eigenvalue weighted by atomic mass is 10.1. The van der Waals surface area contributed by atoms with Gasteiger partial charge in [-0.1, -0.05) is 6.07 Å². The summed E-state index contributed by atoms with van der Waals surface area (Å²) < 4.78 is 7.42. The maximum atomic E-state index is 5.96. The lowest BCUT2D eigenvalue weighted by molar-refractivity contribution is 0.406. The van der Waals surface area contributed by atoms with Gasteiger partial charge < -0.3 is 20.4 Å². The topological polar surface area (TPSA) is 117 Å². The first-order valence-electron chi connectivity index (χ1n) is 9.18. The number of hydrogen-bond donors (Lipinski definition) is 2. The van der Waals surface area contributed by atoms with Crippen molar-refractivity contribution in [1.82, 2.24) is 29.5 Å². The van der Waals surface area contributed by atoms with Crippen molar-refractivity contribution in [3.8, 4) is 5.75 Å². The maximum absolute atomic E-state index is 5.96. The van der Waals surface area contributed by atoms with E-state index in [0.717, 1.165) is 28.3 Å². The number of hydrogen-bond acceptors (Lipinski definition) is 8. The SMILES string of the molecule is COc1c(C)cnc(Cn2cnc3c(NCc4ccccn4)nc(N)nc32)c1C. The molecular weight excluding hydrogens is 368 g/mol. The van der Waals surface area contributed by atoms with Crippen LogP contribution in [0.1, 0.15) is 22.5 Å². The van der Waals surface area contributed by atoms with Crippen molar-refractivity contribution in [2.75, 3.05) is 18.2 Å². The predicted molar refractivity (Wildman–Crippen MR) is 111 cm³/mol. The van der Waals surface area contributed by atoms with E-state index in [1.807, 2.05) is 42.8 Å². The highest BCUT2D eigenvalue weighted by atomic mass is 16.5. The number of nitrogen functional groups attached to an aromatic ring is 1. The number of pyridine rings is 2. The number of nitrogens with zero attached hydrogens (tertiary/aromatic N) is 6. The van der Waals surface area contributed by atoms with E-state index in [-0.39, 0.29) is 5.95 Å². The van der Waals surface area contributed by atoms with Gasteiger partial charge in [-0.2, -0.15) is 9.97 Å². The number of imidazole rings is 1. The molecule has 4 heterocycles. The van der Waals surface area contributed by atoms with Crippen molar-refractivity contribution in [3.05, 3.63) is 59.4 Å². The molecule has 0 aliphatic heterocycles. The number of rotatable bonds is 6. The Morgan fingerprint density at radius 2 is 2.00 bits per heavy atom. The summed E-state index contributed by atoms with van der Waals surface area (Å²) in [5.74, 6) is 1.59. The van der Waals surface area contributed by atoms with Crippen LogP contribution in [-0.2, 0) is 13.1 Å². The number of fused-ring (bicyclic) bond motifs is 1. The van der Waals surface area contributed by atoms with Gasteiger partial charge in [0, 0.05) is 23.5 Å². The summed E-state index contributed by atoms with van der Waals surface area (Å²) in [6.07, 6.45) is 5.28. The number of nitrogens with one attached hydrogen (secondary N) is 1. The van der Waals surface area contributed by atoms with Crippen molar-refractivity contribution >= 4 is 22.9 Å². The number of anilines is 2. The van der Waals surface area contributed by atoms with Crippen LogP contribution < -0.4 is 15.8 Å². The molecule has 4 aromatic heterocycles. The molecule has 0 aliphatic carbocycles. The molecule has 0 amide bonds. The summed E-state index contributed by atoms with van der Waals surface area (Å²) in [6, 6.07) is 5.75. The molecule has 0 bridgehead atoms. The minimum Gasteiger partial charge on any atom is -0.496 e. The molecule has 0 unspecified atom stereocenters. The van der Waals surface area contributed by atoms with Crippen LogP contribution in [0.4, 0.5) is 11.8 Å². The first-order valence-corrected chi connectivity index (χ1v) is 9.18. The molecule has 9 nitrogen and oxygen atoms in total. The third kappa shape index (κ3) is 3.66. The van der Waals surface area contributed by atoms with E-state index in [0.29, 0.717) is 30.1 Å². The van der Waals surface area contributed by atoms with E-state index >= 15 is 0 Å². The summed E-state index contributed by atoms with van der Waals surface area (Å²) in [7, 11) is 1.67. The van der Waals surface area contributed by atoms with Crippen molar-refractivity contribution in [3.63, 3.8) is 0 Å². The molecule has 0 fully saturated rings. The largest absolute Gasteiger partial charge is 0.496 e. The van der Waals surface area contributed by atoms with Gasteiger partial charge in [0.15, 0.2) is 17.0 Å². The van der Waals surface area contributed by atoms with E-state index in [9.17, 15) is 0 Å². The first-order chi connectivity index (χ1) is 14.1. The lowest BCUT2D eigenvalue weighted by Gasteiger charge is -2.13. The second-order valence-corrected chi connectivity index (χ2v) is 6.70. The van der Waals surface area contributed by atoms with E-state index in [4.69, 9.17) is 10.5 Å². The molecule has 9 heteroatoms. The Kier molecular flexibility index (Phi) is 4.94. The Balaban J connectivity index is 1.66. The van der Waals surface area contributed by atoms with Crippen LogP contribution in [0.5, 0.6) is 5.75 Å². The highest BCUT2D eigenvalue weighted by Gasteiger charge is 2.15. The van der Waals surface area contributed by atoms with Crippen LogP contribution in [0.2, 0.25) is 0 Å². The Morgan fingerprint density at radius 3 is 2.76 bits per heavy atom. The normalized spacial score (nSPS) is 11.0. The molecule has 0 saturated heterocycles. The summed E-state index contributed by atoms with van der Waals surface area (Å²) in [5, 5.41) is 3.25. The Labute approximate surface area is 168 Å². The number of aromatic nitrogens is 6. The van der Waals surface area contributed by atoms with Crippen molar-refractivity contribution in [1.29, 1.82) is 0 Å². The fourth-order valence-corrected chi connectivity index (χ4v) is 3.27. The van der Waals surface area contributed by atoms with Crippen LogP contribution in [0.15, 0.2) is 36.9 Å². The maximum Gasteiger partial charge on any atom is 0.224 e. The highest BCUT2D eigenvalue weighted by molar-refractivity contribution is 5.84. The second-order valence-electron chi connectivity index (χ2n) is 6.70. The van der Waals surface area contributed by atoms with Crippen LogP contribution in [0.3, 0.4) is 0 Å². The fraction of sp³-hybridized carbons (Fsp3) is 0.250. The van der Waals surface area contributed by atoms with Gasteiger partial charge in [0.2, 0.25) is 5.95 Å². The zero-order valence-electron chi connectivity index (χ0n) is 16.5. The smallest absolute Gasteiger partial charge is 0.224 e. The third-order valence-corrected chi connectivity index (χ3v) is 4.71. The number of ether oxygens (including phenoxy) is 1. The van der Waals surface area contributed by atoms with E-state index in [1.165, 1.54) is 0 Å². The van der Waals surface area contributed by atoms with Crippen LogP contribution in [0.25, 0.3) is 11.2 Å². The minimum absolute atomic E-state index is 0.175. The van der Waals surface area contributed by atoms with Gasteiger partial charge >= 0.3 is 0 Å². The molecule has 0 aliphatic rings. The van der Waals surface area contributed by atoms with Gasteiger partial charge in [0.25, 0.3) is 0 Å². The zero-order chi connectivity index (χ0) is 20.4. The average molecular weight is 390 g/mol. The number of nitrogens with two attached hydrogens (primary N) is 1. The Morgan fingerprint density at radius 1 is 1.14 bits per heavy atom. The van der Waals surface area contributed by atoms with Crippen LogP contribution >= 0.6 is 0 Å². The summed E-state index contributed by atoms with van der Waals surface area (Å²) in [4.78, 5) is 22.1. The quantitative estimate of drug-likeness (QED) is 0.516. The van der Waals surface area contributed by atoms with E-state index in [1.54, 1.807) is 19.6 Å². The molecule has 0 radical (unpaired) electrons. The molecular formula is C20H22N8O. The third-order valence-electron chi connectivity index (χ3n) is 4.71. The van der Waals surface area contributed by atoms with Crippen molar-refractivity contribution < 1.29 is 4.74 Å². The van der Waals surface area contributed by atoms with E-state index < -0.39 is 0 Å². The van der Waals surface area contributed by atoms with E-state index in [2.05, 4.69) is 30.2 Å². The molecule has 4 rings (SSSR count). The zero-order valence-corrected chi connectivity index (χ0v) is 16.5. The first kappa shape index (κ1) is 18.6. The fourth-order valence-electron chi connectivity index (χ4n) is 3.27. The minimum atomic E-state index is 0.175. The summed E-state index contributed by atoms with van der Waals surface area (Å²) >= 11 is 0. The summed E-state index contributed by atoms with van der Waals surface area (Å²) in [6.45, 7) is 4.98. The summed E-state index contributed by atoms with van der Waals surface area (Å²) in [5.41, 5.74) is 11.0. The van der Waals surface area contributed by atoms with Crippen LogP contribution in [0, 0.1) is 13.8 Å². The molecule has 0 saturated carbocycles. The molecule has 0 aromatic carbocycles. The highest BCUT2D eigenvalue weighted by Crippen LogP contribution is 2.26. The van der Waals surface area contributed by atoms with Gasteiger partial charge in [-0.05, 0) is 26.0 Å². The molecule has 0 spiro atoms. The average Bonchev–Trinajstić information content (AvgIpc) is 3.12. The lowest BCUT2D eigenvalue weighted by Crippen LogP contribution is -2.09. The Hall–Kier alpha value is -3.75. The number of methoxy groups -OCH3 is 1. The number of aryl methyl sites for hydroxylation is 1. The second kappa shape index (κ2) is 7.70. The van der Waals surface area contributed by atoms with Gasteiger partial charge in [-0.15, -0.1) is 0 Å². The molecule has 3 N–H and O–H groups in total. The Bertz CT molecular complexity index is 1160. The van der Waals surface area contributed by atoms with Crippen LogP contribution in [-0.4, -0.2) is 36.6 Å². The molecule has 29 heavy (non-hydrogen) atoms. The van der Waals surface area contributed by atoms with Gasteiger partial charge in [0.05, 0.1) is 37.9 Å².